The van der Waals surface area contributed by atoms with Crippen LogP contribution in [0.3, 0.4) is 0 Å². The Labute approximate surface area is 125 Å². The van der Waals surface area contributed by atoms with Crippen molar-refractivity contribution in [2.24, 2.45) is 11.8 Å². The van der Waals surface area contributed by atoms with Crippen molar-refractivity contribution >= 4 is 10.2 Å². The van der Waals surface area contributed by atoms with E-state index in [9.17, 15) is 8.42 Å². The Balaban J connectivity index is 4.61. The lowest BCUT2D eigenvalue weighted by Gasteiger charge is -2.25. The molecule has 1 unspecified atom stereocenters. The molecule has 0 aromatic heterocycles. The molecule has 0 aliphatic heterocycles. The van der Waals surface area contributed by atoms with Gasteiger partial charge < -0.3 is 5.32 Å². The van der Waals surface area contributed by atoms with Crippen molar-refractivity contribution in [3.8, 4) is 0 Å². The molecule has 0 bridgehead atoms. The van der Waals surface area contributed by atoms with Crippen LogP contribution in [-0.2, 0) is 10.2 Å². The van der Waals surface area contributed by atoms with Crippen molar-refractivity contribution in [3.63, 3.8) is 0 Å². The van der Waals surface area contributed by atoms with E-state index in [1.807, 2.05) is 14.0 Å². The standard InChI is InChI=1S/C14H33N3O2S/c1-12(2)7-9-17(10-8-13(3)4)20(18,19)16-11-14(5)15-6/h12-16H,7-11H2,1-6H3. The van der Waals surface area contributed by atoms with E-state index in [2.05, 4.69) is 37.7 Å². The molecule has 0 aromatic carbocycles. The number of nitrogens with zero attached hydrogens (tertiary/aromatic N) is 1. The molecule has 0 fully saturated rings. The molecule has 0 aliphatic carbocycles. The fourth-order valence-electron chi connectivity index (χ4n) is 1.58. The van der Waals surface area contributed by atoms with Gasteiger partial charge in [-0.2, -0.15) is 12.7 Å². The van der Waals surface area contributed by atoms with Gasteiger partial charge in [-0.25, -0.2) is 4.72 Å². The van der Waals surface area contributed by atoms with Gasteiger partial charge in [-0.15, -0.1) is 0 Å². The van der Waals surface area contributed by atoms with Crippen molar-refractivity contribution in [1.82, 2.24) is 14.3 Å². The summed E-state index contributed by atoms with van der Waals surface area (Å²) in [6, 6.07) is 0.127. The fraction of sp³-hybridized carbons (Fsp3) is 1.00. The molecule has 2 N–H and O–H groups in total. The van der Waals surface area contributed by atoms with Crippen LogP contribution < -0.4 is 10.0 Å². The van der Waals surface area contributed by atoms with Crippen LogP contribution >= 0.6 is 0 Å². The van der Waals surface area contributed by atoms with E-state index in [4.69, 9.17) is 0 Å². The smallest absolute Gasteiger partial charge is 0.279 e. The summed E-state index contributed by atoms with van der Waals surface area (Å²) >= 11 is 0. The molecule has 0 heterocycles. The third-order valence-electron chi connectivity index (χ3n) is 3.32. The Morgan fingerprint density at radius 2 is 1.40 bits per heavy atom. The summed E-state index contributed by atoms with van der Waals surface area (Å²) < 4.78 is 29.0. The van der Waals surface area contributed by atoms with Gasteiger partial charge in [0.15, 0.2) is 0 Å². The maximum Gasteiger partial charge on any atom is 0.279 e. The molecular weight excluding hydrogens is 274 g/mol. The maximum absolute atomic E-state index is 12.4. The van der Waals surface area contributed by atoms with Crippen LogP contribution in [0.4, 0.5) is 0 Å². The topological polar surface area (TPSA) is 61.4 Å². The highest BCUT2D eigenvalue weighted by Crippen LogP contribution is 2.09. The molecule has 0 saturated carbocycles. The third kappa shape index (κ3) is 8.89. The largest absolute Gasteiger partial charge is 0.316 e. The molecule has 0 radical (unpaired) electrons. The molecule has 0 rings (SSSR count). The molecule has 1 atom stereocenters. The van der Waals surface area contributed by atoms with E-state index in [-0.39, 0.29) is 6.04 Å². The van der Waals surface area contributed by atoms with Crippen molar-refractivity contribution in [3.05, 3.63) is 0 Å². The van der Waals surface area contributed by atoms with E-state index in [1.54, 1.807) is 4.31 Å². The fourth-order valence-corrected chi connectivity index (χ4v) is 2.91. The minimum atomic E-state index is -3.38. The van der Waals surface area contributed by atoms with Crippen molar-refractivity contribution < 1.29 is 8.42 Å². The quantitative estimate of drug-likeness (QED) is 0.612. The molecule has 0 aliphatic rings. The number of hydrogen-bond donors (Lipinski definition) is 2. The van der Waals surface area contributed by atoms with E-state index in [1.165, 1.54) is 0 Å². The minimum absolute atomic E-state index is 0.127. The van der Waals surface area contributed by atoms with Gasteiger partial charge in [0.05, 0.1) is 0 Å². The molecule has 0 aromatic rings. The second-order valence-corrected chi connectivity index (χ2v) is 8.06. The van der Waals surface area contributed by atoms with Gasteiger partial charge in [-0.05, 0) is 38.6 Å². The van der Waals surface area contributed by atoms with Crippen LogP contribution in [0.1, 0.15) is 47.5 Å². The van der Waals surface area contributed by atoms with Gasteiger partial charge in [-0.3, -0.25) is 0 Å². The Morgan fingerprint density at radius 1 is 0.950 bits per heavy atom. The van der Waals surface area contributed by atoms with Crippen molar-refractivity contribution in [2.75, 3.05) is 26.7 Å². The van der Waals surface area contributed by atoms with Gasteiger partial charge in [0.2, 0.25) is 0 Å². The summed E-state index contributed by atoms with van der Waals surface area (Å²) in [6.45, 7) is 12.0. The lowest BCUT2D eigenvalue weighted by Crippen LogP contribution is -2.46. The van der Waals surface area contributed by atoms with Gasteiger partial charge in [-0.1, -0.05) is 27.7 Å². The second-order valence-electron chi connectivity index (χ2n) is 6.31. The lowest BCUT2D eigenvalue weighted by molar-refractivity contribution is 0.351. The molecule has 5 nitrogen and oxygen atoms in total. The van der Waals surface area contributed by atoms with E-state index in [0.717, 1.165) is 12.8 Å². The van der Waals surface area contributed by atoms with Crippen LogP contribution in [0, 0.1) is 11.8 Å². The third-order valence-corrected chi connectivity index (χ3v) is 4.89. The Bertz CT molecular complexity index is 330. The Morgan fingerprint density at radius 3 is 1.75 bits per heavy atom. The molecular formula is C14H33N3O2S. The zero-order valence-corrected chi connectivity index (χ0v) is 14.8. The van der Waals surface area contributed by atoms with E-state index >= 15 is 0 Å². The summed E-state index contributed by atoms with van der Waals surface area (Å²) in [4.78, 5) is 0. The van der Waals surface area contributed by atoms with Gasteiger partial charge in [0.1, 0.15) is 0 Å². The van der Waals surface area contributed by atoms with Crippen LogP contribution in [0.15, 0.2) is 0 Å². The Hall–Kier alpha value is -0.170. The number of hydrogen-bond acceptors (Lipinski definition) is 3. The first-order chi connectivity index (χ1) is 9.19. The van der Waals surface area contributed by atoms with Crippen LogP contribution in [0.25, 0.3) is 0 Å². The highest BCUT2D eigenvalue weighted by molar-refractivity contribution is 7.87. The molecule has 6 heteroatoms. The SMILES string of the molecule is CNC(C)CNS(=O)(=O)N(CCC(C)C)CCC(C)C. The maximum atomic E-state index is 12.4. The first-order valence-corrected chi connectivity index (χ1v) is 9.05. The molecule has 20 heavy (non-hydrogen) atoms. The molecule has 122 valence electrons. The molecule has 0 spiro atoms. The molecule has 0 saturated heterocycles. The average Bonchev–Trinajstić information content (AvgIpc) is 2.34. The Kier molecular flexibility index (Phi) is 9.63. The van der Waals surface area contributed by atoms with E-state index < -0.39 is 10.2 Å². The van der Waals surface area contributed by atoms with E-state index in [0.29, 0.717) is 31.5 Å². The van der Waals surface area contributed by atoms with Gasteiger partial charge in [0, 0.05) is 25.7 Å². The summed E-state index contributed by atoms with van der Waals surface area (Å²) in [5, 5.41) is 3.03. The second kappa shape index (κ2) is 9.71. The zero-order valence-electron chi connectivity index (χ0n) is 13.9. The summed E-state index contributed by atoms with van der Waals surface area (Å²) in [7, 11) is -1.55. The van der Waals surface area contributed by atoms with Crippen LogP contribution in [0.2, 0.25) is 0 Å². The monoisotopic (exact) mass is 307 g/mol. The van der Waals surface area contributed by atoms with Gasteiger partial charge in [0.25, 0.3) is 10.2 Å². The molecule has 0 amide bonds. The number of nitrogens with one attached hydrogen (secondary N) is 2. The minimum Gasteiger partial charge on any atom is -0.316 e. The van der Waals surface area contributed by atoms with Crippen LogP contribution in [0.5, 0.6) is 0 Å². The number of likely N-dealkylation sites (N-methyl/N-ethyl adjacent to an activating group) is 1. The first-order valence-electron chi connectivity index (χ1n) is 7.61. The highest BCUT2D eigenvalue weighted by atomic mass is 32.2. The van der Waals surface area contributed by atoms with Gasteiger partial charge >= 0.3 is 0 Å². The van der Waals surface area contributed by atoms with Crippen LogP contribution in [-0.4, -0.2) is 45.4 Å². The summed E-state index contributed by atoms with van der Waals surface area (Å²) in [6.07, 6.45) is 1.78. The van der Waals surface area contributed by atoms with Crippen molar-refractivity contribution in [1.29, 1.82) is 0 Å². The predicted molar refractivity (Wildman–Crippen MR) is 85.9 cm³/mol. The van der Waals surface area contributed by atoms with Crippen molar-refractivity contribution in [2.45, 2.75) is 53.5 Å². The zero-order chi connectivity index (χ0) is 15.8. The predicted octanol–water partition coefficient (Wildman–Crippen LogP) is 1.82. The average molecular weight is 308 g/mol. The first kappa shape index (κ1) is 19.8. The lowest BCUT2D eigenvalue weighted by atomic mass is 10.1. The normalized spacial score (nSPS) is 14.4. The highest BCUT2D eigenvalue weighted by Gasteiger charge is 2.22. The summed E-state index contributed by atoms with van der Waals surface area (Å²) in [5.41, 5.74) is 0. The summed E-state index contributed by atoms with van der Waals surface area (Å²) in [5.74, 6) is 1.01. The number of rotatable bonds is 11.